The Morgan fingerprint density at radius 3 is 2.54 bits per heavy atom. The molecule has 1 aliphatic heterocycles. The van der Waals surface area contributed by atoms with Gasteiger partial charge in [0.2, 0.25) is 0 Å². The molecule has 6 nitrogen and oxygen atoms in total. The standard InChI is InChI=1S/C29H29Cl2N3O3/c1-4-19-6-8-20(9-7-19)21-11-13-26(25(31)16-21)37-15-5-14-33-28(36)34(27(35)29(33,2)3)23-12-10-22(18-32)24(30)17-23/h6,8-13,16-17,19H,4-5,7,14-15H2,1-3H3. The van der Waals surface area contributed by atoms with E-state index in [1.807, 2.05) is 24.3 Å². The van der Waals surface area contributed by atoms with Crippen molar-refractivity contribution in [1.82, 2.24) is 4.90 Å². The van der Waals surface area contributed by atoms with Crippen molar-refractivity contribution in [1.29, 1.82) is 5.26 Å². The van der Waals surface area contributed by atoms with Crippen molar-refractivity contribution < 1.29 is 14.3 Å². The third-order valence-electron chi connectivity index (χ3n) is 6.92. The minimum Gasteiger partial charge on any atom is -0.492 e. The zero-order valence-corrected chi connectivity index (χ0v) is 22.6. The number of carbonyl (C=O) groups excluding carboxylic acids is 2. The van der Waals surface area contributed by atoms with Crippen molar-refractivity contribution in [3.05, 3.63) is 75.8 Å². The van der Waals surface area contributed by atoms with Gasteiger partial charge in [0.05, 0.1) is 27.9 Å². The number of benzene rings is 2. The average molecular weight is 538 g/mol. The summed E-state index contributed by atoms with van der Waals surface area (Å²) in [6.45, 7) is 6.27. The van der Waals surface area contributed by atoms with E-state index in [0.29, 0.717) is 41.9 Å². The summed E-state index contributed by atoms with van der Waals surface area (Å²) in [5.74, 6) is 0.821. The minimum atomic E-state index is -1.03. The number of carbonyl (C=O) groups is 2. The van der Waals surface area contributed by atoms with Gasteiger partial charge in [0.15, 0.2) is 0 Å². The van der Waals surface area contributed by atoms with E-state index < -0.39 is 11.6 Å². The Hall–Kier alpha value is -3.27. The van der Waals surface area contributed by atoms with Gasteiger partial charge in [0, 0.05) is 6.54 Å². The van der Waals surface area contributed by atoms with Crippen LogP contribution in [-0.4, -0.2) is 35.5 Å². The van der Waals surface area contributed by atoms with E-state index in [1.165, 1.54) is 17.0 Å². The topological polar surface area (TPSA) is 73.6 Å². The van der Waals surface area contributed by atoms with Gasteiger partial charge in [-0.2, -0.15) is 5.26 Å². The van der Waals surface area contributed by atoms with E-state index in [9.17, 15) is 9.59 Å². The number of hydrogen-bond donors (Lipinski definition) is 0. The lowest BCUT2D eigenvalue weighted by Gasteiger charge is -2.27. The Morgan fingerprint density at radius 2 is 1.92 bits per heavy atom. The molecular weight excluding hydrogens is 509 g/mol. The summed E-state index contributed by atoms with van der Waals surface area (Å²) in [5, 5.41) is 9.82. The molecule has 1 heterocycles. The average Bonchev–Trinajstić information content (AvgIpc) is 3.05. The summed E-state index contributed by atoms with van der Waals surface area (Å²) in [6, 6.07) is 11.8. The van der Waals surface area contributed by atoms with Gasteiger partial charge in [-0.05, 0) is 80.5 Å². The maximum Gasteiger partial charge on any atom is 0.332 e. The number of urea groups is 1. The van der Waals surface area contributed by atoms with E-state index >= 15 is 0 Å². The van der Waals surface area contributed by atoms with Crippen LogP contribution in [0.25, 0.3) is 5.57 Å². The van der Waals surface area contributed by atoms with Crippen LogP contribution in [0.2, 0.25) is 10.0 Å². The van der Waals surface area contributed by atoms with Crippen molar-refractivity contribution in [3.8, 4) is 11.8 Å². The second kappa shape index (κ2) is 11.0. The first-order valence-corrected chi connectivity index (χ1v) is 13.1. The molecule has 2 aliphatic rings. The highest BCUT2D eigenvalue weighted by Gasteiger charge is 2.51. The SMILES string of the molecule is CCC1C=CC(c2ccc(OCCCN3C(=O)N(c4ccc(C#N)c(Cl)c4)C(=O)C3(C)C)c(Cl)c2)=CC1. The summed E-state index contributed by atoms with van der Waals surface area (Å²) >= 11 is 12.6. The zero-order chi connectivity index (χ0) is 26.7. The molecule has 8 heteroatoms. The lowest BCUT2D eigenvalue weighted by atomic mass is 9.91. The van der Waals surface area contributed by atoms with Gasteiger partial charge in [-0.25, -0.2) is 9.69 Å². The van der Waals surface area contributed by atoms with Crippen LogP contribution in [-0.2, 0) is 4.79 Å². The Morgan fingerprint density at radius 1 is 1.14 bits per heavy atom. The van der Waals surface area contributed by atoms with Crippen LogP contribution in [0.3, 0.4) is 0 Å². The van der Waals surface area contributed by atoms with E-state index in [1.54, 1.807) is 19.9 Å². The molecule has 2 aromatic carbocycles. The van der Waals surface area contributed by atoms with Crippen molar-refractivity contribution in [2.45, 2.75) is 45.6 Å². The molecule has 1 unspecified atom stereocenters. The molecule has 37 heavy (non-hydrogen) atoms. The number of rotatable bonds is 8. The summed E-state index contributed by atoms with van der Waals surface area (Å²) in [5.41, 5.74) is 1.79. The van der Waals surface area contributed by atoms with Crippen molar-refractivity contribution in [3.63, 3.8) is 0 Å². The molecule has 0 aromatic heterocycles. The third kappa shape index (κ3) is 5.39. The van der Waals surface area contributed by atoms with Crippen LogP contribution < -0.4 is 9.64 Å². The first-order chi connectivity index (χ1) is 17.7. The van der Waals surface area contributed by atoms with Gasteiger partial charge in [-0.1, -0.05) is 54.4 Å². The molecule has 1 atom stereocenters. The molecule has 0 saturated carbocycles. The Balaban J connectivity index is 1.37. The van der Waals surface area contributed by atoms with Crippen LogP contribution >= 0.6 is 23.2 Å². The number of anilines is 1. The van der Waals surface area contributed by atoms with Gasteiger partial charge < -0.3 is 9.64 Å². The number of halogens is 2. The molecular formula is C29H29Cl2N3O3. The number of nitrogens with zero attached hydrogens (tertiary/aromatic N) is 3. The zero-order valence-electron chi connectivity index (χ0n) is 21.1. The fourth-order valence-corrected chi connectivity index (χ4v) is 5.01. The number of imide groups is 1. The molecule has 0 radical (unpaired) electrons. The Labute approximate surface area is 227 Å². The van der Waals surface area contributed by atoms with Gasteiger partial charge in [-0.15, -0.1) is 0 Å². The Kier molecular flexibility index (Phi) is 7.96. The van der Waals surface area contributed by atoms with Crippen LogP contribution in [0.5, 0.6) is 5.75 Å². The monoisotopic (exact) mass is 537 g/mol. The predicted molar refractivity (Wildman–Crippen MR) is 147 cm³/mol. The van der Waals surface area contributed by atoms with E-state index in [4.69, 9.17) is 33.2 Å². The van der Waals surface area contributed by atoms with Crippen LogP contribution in [0, 0.1) is 17.2 Å². The van der Waals surface area contributed by atoms with E-state index in [2.05, 4.69) is 25.2 Å². The first kappa shape index (κ1) is 26.8. The number of hydrogen-bond acceptors (Lipinski definition) is 4. The van der Waals surface area contributed by atoms with Gasteiger partial charge >= 0.3 is 6.03 Å². The molecule has 0 N–H and O–H groups in total. The highest BCUT2D eigenvalue weighted by molar-refractivity contribution is 6.33. The van der Waals surface area contributed by atoms with Gasteiger partial charge in [0.25, 0.3) is 5.91 Å². The van der Waals surface area contributed by atoms with Gasteiger partial charge in [-0.3, -0.25) is 4.79 Å². The van der Waals surface area contributed by atoms with Crippen molar-refractivity contribution in [2.24, 2.45) is 5.92 Å². The molecule has 2 aromatic rings. The first-order valence-electron chi connectivity index (χ1n) is 12.3. The second-order valence-corrected chi connectivity index (χ2v) is 10.5. The lowest BCUT2D eigenvalue weighted by Crippen LogP contribution is -2.44. The second-order valence-electron chi connectivity index (χ2n) is 9.68. The fraction of sp³-hybridized carbons (Fsp3) is 0.345. The fourth-order valence-electron chi connectivity index (χ4n) is 4.56. The van der Waals surface area contributed by atoms with Crippen LogP contribution in [0.15, 0.2) is 54.6 Å². The highest BCUT2D eigenvalue weighted by Crippen LogP contribution is 2.35. The van der Waals surface area contributed by atoms with Crippen LogP contribution in [0.4, 0.5) is 10.5 Å². The molecule has 1 aliphatic carbocycles. The van der Waals surface area contributed by atoms with Gasteiger partial charge in [0.1, 0.15) is 17.4 Å². The molecule has 1 fully saturated rings. The smallest absolute Gasteiger partial charge is 0.332 e. The third-order valence-corrected chi connectivity index (χ3v) is 7.52. The molecule has 4 rings (SSSR count). The molecule has 3 amide bonds. The maximum atomic E-state index is 13.2. The van der Waals surface area contributed by atoms with E-state index in [-0.39, 0.29) is 16.5 Å². The number of allylic oxidation sites excluding steroid dienone is 4. The lowest BCUT2D eigenvalue weighted by molar-refractivity contribution is -0.123. The normalized spacial score (nSPS) is 18.7. The van der Waals surface area contributed by atoms with E-state index in [0.717, 1.165) is 28.9 Å². The molecule has 1 saturated heterocycles. The summed E-state index contributed by atoms with van der Waals surface area (Å²) < 4.78 is 5.90. The summed E-state index contributed by atoms with van der Waals surface area (Å²) in [4.78, 5) is 28.9. The highest BCUT2D eigenvalue weighted by atomic mass is 35.5. The number of ether oxygens (including phenoxy) is 1. The largest absolute Gasteiger partial charge is 0.492 e. The summed E-state index contributed by atoms with van der Waals surface area (Å²) in [7, 11) is 0. The van der Waals surface area contributed by atoms with Crippen molar-refractivity contribution >= 4 is 46.4 Å². The molecule has 192 valence electrons. The molecule has 0 bridgehead atoms. The summed E-state index contributed by atoms with van der Waals surface area (Å²) in [6.07, 6.45) is 9.30. The van der Waals surface area contributed by atoms with Crippen LogP contribution in [0.1, 0.15) is 51.2 Å². The van der Waals surface area contributed by atoms with Crippen molar-refractivity contribution in [2.75, 3.05) is 18.1 Å². The quantitative estimate of drug-likeness (QED) is 0.262. The Bertz CT molecular complexity index is 1330. The number of nitriles is 1. The maximum absolute atomic E-state index is 13.2. The predicted octanol–water partition coefficient (Wildman–Crippen LogP) is 7.25. The number of amides is 3. The molecule has 0 spiro atoms. The minimum absolute atomic E-state index is 0.189.